The zero-order chi connectivity index (χ0) is 26.3. The average Bonchev–Trinajstić information content (AvgIpc) is 2.84. The normalized spacial score (nSPS) is 11.4. The van der Waals surface area contributed by atoms with Crippen molar-refractivity contribution < 1.29 is 18.0 Å². The average molecular weight is 508 g/mol. The van der Waals surface area contributed by atoms with Gasteiger partial charge in [0.05, 0.1) is 17.2 Å². The highest BCUT2D eigenvalue weighted by Gasteiger charge is 2.21. The summed E-state index contributed by atoms with van der Waals surface area (Å²) in [6, 6.07) is 20.7. The highest BCUT2D eigenvalue weighted by atomic mass is 32.2. The van der Waals surface area contributed by atoms with Gasteiger partial charge in [-0.05, 0) is 40.7 Å². The van der Waals surface area contributed by atoms with E-state index in [-0.39, 0.29) is 16.7 Å². The van der Waals surface area contributed by atoms with E-state index in [0.29, 0.717) is 23.6 Å². The third kappa shape index (κ3) is 6.96. The van der Waals surface area contributed by atoms with Crippen molar-refractivity contribution in [3.05, 3.63) is 102 Å². The first kappa shape index (κ1) is 27.0. The number of hydrogen-bond acceptors (Lipinski definition) is 5. The molecule has 3 N–H and O–H groups in total. The second kappa shape index (κ2) is 11.9. The van der Waals surface area contributed by atoms with Gasteiger partial charge in [-0.15, -0.1) is 0 Å². The van der Waals surface area contributed by atoms with Crippen molar-refractivity contribution >= 4 is 27.4 Å². The Balaban J connectivity index is 1.71. The first-order chi connectivity index (χ1) is 17.1. The standard InChI is InChI=1S/C28H33N3O4S/c1-19(2)25-15-10-16-26(20(3)4)27(25)29-28(32)31-36(33,34)24-14-9-13-23(17-24)21(5)30-35-18-22-11-7-6-8-12-22/h6-17,19-20,30H,5,18H2,1-4H3,(H2,29,31,32). The lowest BCUT2D eigenvalue weighted by atomic mass is 9.93. The molecule has 0 radical (unpaired) electrons. The molecule has 0 fully saturated rings. The van der Waals surface area contributed by atoms with E-state index < -0.39 is 16.1 Å². The Bertz CT molecular complexity index is 1290. The predicted octanol–water partition coefficient (Wildman–Crippen LogP) is 6.14. The summed E-state index contributed by atoms with van der Waals surface area (Å²) in [5, 5.41) is 2.77. The number of anilines is 1. The van der Waals surface area contributed by atoms with Gasteiger partial charge in [0.15, 0.2) is 0 Å². The maximum absolute atomic E-state index is 13.0. The van der Waals surface area contributed by atoms with Crippen LogP contribution in [0.5, 0.6) is 0 Å². The minimum absolute atomic E-state index is 0.0672. The summed E-state index contributed by atoms with van der Waals surface area (Å²) in [6.45, 7) is 12.3. The number of hydroxylamine groups is 1. The molecule has 190 valence electrons. The summed E-state index contributed by atoms with van der Waals surface area (Å²) in [7, 11) is -4.14. The van der Waals surface area contributed by atoms with Crippen LogP contribution in [0.3, 0.4) is 0 Å². The third-order valence-electron chi connectivity index (χ3n) is 5.61. The molecular weight excluding hydrogens is 474 g/mol. The molecule has 0 aliphatic rings. The van der Waals surface area contributed by atoms with Crippen LogP contribution in [-0.2, 0) is 21.5 Å². The minimum atomic E-state index is -4.14. The van der Waals surface area contributed by atoms with E-state index in [2.05, 4.69) is 22.1 Å². The van der Waals surface area contributed by atoms with Crippen molar-refractivity contribution in [2.75, 3.05) is 5.32 Å². The molecule has 0 saturated carbocycles. The van der Waals surface area contributed by atoms with Crippen LogP contribution in [0, 0.1) is 0 Å². The maximum Gasteiger partial charge on any atom is 0.333 e. The number of benzene rings is 3. The van der Waals surface area contributed by atoms with E-state index in [1.807, 2.05) is 76.2 Å². The number of sulfonamides is 1. The highest BCUT2D eigenvalue weighted by molar-refractivity contribution is 7.90. The third-order valence-corrected chi connectivity index (χ3v) is 6.94. The second-order valence-electron chi connectivity index (χ2n) is 9.06. The zero-order valence-corrected chi connectivity index (χ0v) is 21.9. The Morgan fingerprint density at radius 1 is 0.889 bits per heavy atom. The van der Waals surface area contributed by atoms with Crippen LogP contribution < -0.4 is 15.5 Å². The quantitative estimate of drug-likeness (QED) is 0.287. The summed E-state index contributed by atoms with van der Waals surface area (Å²) in [4.78, 5) is 18.2. The molecule has 0 unspecified atom stereocenters. The van der Waals surface area contributed by atoms with E-state index in [4.69, 9.17) is 4.84 Å². The number of carbonyl (C=O) groups is 1. The van der Waals surface area contributed by atoms with Crippen LogP contribution >= 0.6 is 0 Å². The molecule has 0 heterocycles. The Hall–Kier alpha value is -3.62. The fraction of sp³-hybridized carbons (Fsp3) is 0.250. The summed E-state index contributed by atoms with van der Waals surface area (Å²) in [6.07, 6.45) is 0. The van der Waals surface area contributed by atoms with Gasteiger partial charge in [0.25, 0.3) is 10.0 Å². The monoisotopic (exact) mass is 507 g/mol. The highest BCUT2D eigenvalue weighted by Crippen LogP contribution is 2.32. The lowest BCUT2D eigenvalue weighted by molar-refractivity contribution is 0.0648. The van der Waals surface area contributed by atoms with Gasteiger partial charge in [0.1, 0.15) is 0 Å². The first-order valence-electron chi connectivity index (χ1n) is 11.8. The molecule has 2 amide bonds. The number of urea groups is 1. The van der Waals surface area contributed by atoms with Crippen molar-refractivity contribution in [2.24, 2.45) is 0 Å². The van der Waals surface area contributed by atoms with Gasteiger partial charge in [-0.2, -0.15) is 0 Å². The van der Waals surface area contributed by atoms with E-state index in [0.717, 1.165) is 16.7 Å². The van der Waals surface area contributed by atoms with E-state index in [9.17, 15) is 13.2 Å². The fourth-order valence-corrected chi connectivity index (χ4v) is 4.66. The van der Waals surface area contributed by atoms with Crippen LogP contribution in [0.2, 0.25) is 0 Å². The van der Waals surface area contributed by atoms with Crippen molar-refractivity contribution in [1.82, 2.24) is 10.2 Å². The second-order valence-corrected chi connectivity index (χ2v) is 10.7. The van der Waals surface area contributed by atoms with Crippen molar-refractivity contribution in [3.8, 4) is 0 Å². The molecule has 3 rings (SSSR count). The Kier molecular flexibility index (Phi) is 8.90. The van der Waals surface area contributed by atoms with Gasteiger partial charge in [0.2, 0.25) is 0 Å². The first-order valence-corrected chi connectivity index (χ1v) is 13.2. The number of amides is 2. The Labute approximate surface area is 213 Å². The van der Waals surface area contributed by atoms with Crippen molar-refractivity contribution in [1.29, 1.82) is 0 Å². The van der Waals surface area contributed by atoms with E-state index >= 15 is 0 Å². The number of nitrogens with one attached hydrogen (secondary N) is 3. The van der Waals surface area contributed by atoms with Gasteiger partial charge in [-0.1, -0.05) is 94.9 Å². The minimum Gasteiger partial charge on any atom is -0.307 e. The Morgan fingerprint density at radius 2 is 1.50 bits per heavy atom. The molecule has 3 aromatic rings. The molecule has 8 heteroatoms. The maximum atomic E-state index is 13.0. The lowest BCUT2D eigenvalue weighted by Crippen LogP contribution is -2.35. The SMILES string of the molecule is C=C(NOCc1ccccc1)c1cccc(S(=O)(=O)NC(=O)Nc2c(C(C)C)cccc2C(C)C)c1. The molecule has 0 saturated heterocycles. The van der Waals surface area contributed by atoms with Gasteiger partial charge in [-0.3, -0.25) is 10.3 Å². The fourth-order valence-electron chi connectivity index (χ4n) is 3.71. The number of para-hydroxylation sites is 1. The van der Waals surface area contributed by atoms with Crippen molar-refractivity contribution in [2.45, 2.75) is 51.0 Å². The molecule has 0 atom stereocenters. The topological polar surface area (TPSA) is 96.5 Å². The van der Waals surface area contributed by atoms with Gasteiger partial charge in [-0.25, -0.2) is 17.9 Å². The molecule has 7 nitrogen and oxygen atoms in total. The van der Waals surface area contributed by atoms with E-state index in [1.54, 1.807) is 12.1 Å². The van der Waals surface area contributed by atoms with Gasteiger partial charge in [0, 0.05) is 11.3 Å². The number of hydrogen-bond donors (Lipinski definition) is 3. The lowest BCUT2D eigenvalue weighted by Gasteiger charge is -2.20. The summed E-state index contributed by atoms with van der Waals surface area (Å²) < 4.78 is 28.1. The Morgan fingerprint density at radius 3 is 2.11 bits per heavy atom. The number of carbonyl (C=O) groups excluding carboxylic acids is 1. The van der Waals surface area contributed by atoms with E-state index in [1.165, 1.54) is 12.1 Å². The molecular formula is C28H33N3O4S. The van der Waals surface area contributed by atoms with Crippen LogP contribution in [0.1, 0.15) is 61.8 Å². The van der Waals surface area contributed by atoms with Gasteiger partial charge < -0.3 is 5.32 Å². The number of rotatable bonds is 10. The smallest absolute Gasteiger partial charge is 0.307 e. The largest absolute Gasteiger partial charge is 0.333 e. The van der Waals surface area contributed by atoms with Crippen molar-refractivity contribution in [3.63, 3.8) is 0 Å². The summed E-state index contributed by atoms with van der Waals surface area (Å²) in [5.74, 6) is 0.296. The molecule has 3 aromatic carbocycles. The molecule has 0 aliphatic heterocycles. The molecule has 0 aromatic heterocycles. The van der Waals surface area contributed by atoms with Gasteiger partial charge >= 0.3 is 6.03 Å². The van der Waals surface area contributed by atoms with Crippen LogP contribution in [-0.4, -0.2) is 14.4 Å². The van der Waals surface area contributed by atoms with Crippen LogP contribution in [0.4, 0.5) is 10.5 Å². The van der Waals surface area contributed by atoms with Crippen LogP contribution in [0.25, 0.3) is 5.70 Å². The molecule has 0 spiro atoms. The summed E-state index contributed by atoms with van der Waals surface area (Å²) in [5.41, 5.74) is 7.13. The molecule has 0 bridgehead atoms. The molecule has 0 aliphatic carbocycles. The zero-order valence-electron chi connectivity index (χ0n) is 21.0. The summed E-state index contributed by atoms with van der Waals surface area (Å²) >= 11 is 0. The van der Waals surface area contributed by atoms with Crippen LogP contribution in [0.15, 0.2) is 84.3 Å². The molecule has 36 heavy (non-hydrogen) atoms. The predicted molar refractivity (Wildman–Crippen MR) is 144 cm³/mol.